The molecule has 2 heterocycles. The zero-order valence-electron chi connectivity index (χ0n) is 10.1. The van der Waals surface area contributed by atoms with Crippen molar-refractivity contribution in [3.05, 3.63) is 30.5 Å². The minimum absolute atomic E-state index is 0.0255. The average molecular weight is 357 g/mol. The van der Waals surface area contributed by atoms with E-state index in [0.29, 0.717) is 0 Å². The Morgan fingerprint density at radius 3 is 2.43 bits per heavy atom. The van der Waals surface area contributed by atoms with Gasteiger partial charge in [0.15, 0.2) is 14.5 Å². The molecule has 0 fully saturated rings. The lowest BCUT2D eigenvalue weighted by molar-refractivity contribution is 0.0850. The van der Waals surface area contributed by atoms with Crippen LogP contribution in [0.5, 0.6) is 0 Å². The van der Waals surface area contributed by atoms with E-state index in [4.69, 9.17) is 24.4 Å². The first-order chi connectivity index (χ1) is 10.0. The molecule has 1 N–H and O–H groups in total. The second-order valence-electron chi connectivity index (χ2n) is 3.41. The number of nitrogens with zero attached hydrogens (tertiary/aromatic N) is 6. The normalized spacial score (nSPS) is 10.0. The molecule has 1 amide bonds. The van der Waals surface area contributed by atoms with Crippen molar-refractivity contribution in [3.63, 3.8) is 0 Å². The molecule has 0 unspecified atom stereocenters. The van der Waals surface area contributed by atoms with Crippen LogP contribution in [-0.2, 0) is 0 Å². The zero-order valence-corrected chi connectivity index (χ0v) is 13.5. The summed E-state index contributed by atoms with van der Waals surface area (Å²) in [6.07, 6.45) is 5.47. The SMILES string of the molecule is O=C(c1cnccn1)N(C(=S)S)N(C(=S)S)c1cn[nH]n1. The van der Waals surface area contributed by atoms with Gasteiger partial charge in [-0.15, -0.1) is 30.4 Å². The van der Waals surface area contributed by atoms with Crippen LogP contribution >= 0.6 is 49.7 Å². The molecule has 2 aromatic heterocycles. The summed E-state index contributed by atoms with van der Waals surface area (Å²) in [4.78, 5) is 20.3. The molecule has 21 heavy (non-hydrogen) atoms. The summed E-state index contributed by atoms with van der Waals surface area (Å²) >= 11 is 18.1. The molecular weight excluding hydrogens is 350 g/mol. The van der Waals surface area contributed by atoms with E-state index >= 15 is 0 Å². The van der Waals surface area contributed by atoms with Crippen molar-refractivity contribution in [2.45, 2.75) is 0 Å². The first kappa shape index (κ1) is 15.8. The number of aromatic amines is 1. The Hall–Kier alpha value is -1.63. The fourth-order valence-corrected chi connectivity index (χ4v) is 2.08. The molecule has 0 saturated heterocycles. The molecule has 2 rings (SSSR count). The van der Waals surface area contributed by atoms with Crippen molar-refractivity contribution in [2.24, 2.45) is 0 Å². The molecule has 0 aliphatic heterocycles. The largest absolute Gasteiger partial charge is 0.298 e. The minimum Gasteiger partial charge on any atom is -0.265 e. The molecule has 0 aliphatic rings. The van der Waals surface area contributed by atoms with Crippen LogP contribution in [0.3, 0.4) is 0 Å². The van der Waals surface area contributed by atoms with Crippen LogP contribution < -0.4 is 5.01 Å². The second-order valence-corrected chi connectivity index (χ2v) is 5.64. The third-order valence-corrected chi connectivity index (χ3v) is 2.88. The van der Waals surface area contributed by atoms with Gasteiger partial charge in [0.1, 0.15) is 5.69 Å². The van der Waals surface area contributed by atoms with E-state index in [1.807, 2.05) is 0 Å². The number of hydrogen-bond donors (Lipinski definition) is 3. The monoisotopic (exact) mass is 357 g/mol. The smallest absolute Gasteiger partial charge is 0.265 e. The fraction of sp³-hybridized carbons (Fsp3) is 0. The lowest BCUT2D eigenvalue weighted by Gasteiger charge is -2.31. The number of anilines is 1. The van der Waals surface area contributed by atoms with Gasteiger partial charge < -0.3 is 0 Å². The van der Waals surface area contributed by atoms with Crippen molar-refractivity contribution >= 4 is 70.1 Å². The van der Waals surface area contributed by atoms with Crippen LogP contribution in [0.15, 0.2) is 24.8 Å². The van der Waals surface area contributed by atoms with Crippen LogP contribution in [-0.4, -0.2) is 44.9 Å². The number of H-pyrrole nitrogens is 1. The van der Waals surface area contributed by atoms with Crippen LogP contribution in [0.25, 0.3) is 0 Å². The Morgan fingerprint density at radius 1 is 1.19 bits per heavy atom. The van der Waals surface area contributed by atoms with Crippen molar-refractivity contribution in [1.82, 2.24) is 30.4 Å². The van der Waals surface area contributed by atoms with E-state index in [0.717, 1.165) is 5.01 Å². The number of carbonyl (C=O) groups is 1. The number of rotatable bonds is 2. The van der Waals surface area contributed by atoms with Crippen LogP contribution in [0, 0.1) is 0 Å². The molecule has 0 atom stereocenters. The number of thiocarbonyl (C=S) groups is 2. The molecule has 2 aromatic rings. The summed E-state index contributed by atoms with van der Waals surface area (Å²) in [5.74, 6) is -0.355. The van der Waals surface area contributed by atoms with Crippen molar-refractivity contribution in [3.8, 4) is 0 Å². The molecular formula is C9H7N7OS4. The molecule has 108 valence electrons. The standard InChI is InChI=1S/C9H7N7OS4/c17-7(5-3-10-1-2-11-5)16(9(20)21)15(8(18)19)6-4-12-14-13-6/h1-4H,(H,18,19)(H,20,21)(H,12,13,14). The molecule has 12 heteroatoms. The Labute approximate surface area is 140 Å². The Balaban J connectivity index is 2.44. The van der Waals surface area contributed by atoms with E-state index in [-0.39, 0.29) is 20.2 Å². The highest BCUT2D eigenvalue weighted by Gasteiger charge is 2.30. The number of thiol groups is 2. The lowest BCUT2D eigenvalue weighted by Crippen LogP contribution is -2.50. The van der Waals surface area contributed by atoms with E-state index < -0.39 is 5.91 Å². The summed E-state index contributed by atoms with van der Waals surface area (Å²) < 4.78 is -0.0393. The zero-order chi connectivity index (χ0) is 15.4. The topological polar surface area (TPSA) is 90.9 Å². The van der Waals surface area contributed by atoms with E-state index in [1.54, 1.807) is 0 Å². The molecule has 0 aromatic carbocycles. The van der Waals surface area contributed by atoms with E-state index in [2.05, 4.69) is 50.6 Å². The average Bonchev–Trinajstić information content (AvgIpc) is 2.97. The quantitative estimate of drug-likeness (QED) is 0.415. The van der Waals surface area contributed by atoms with Gasteiger partial charge in [-0.2, -0.15) is 15.3 Å². The number of amides is 1. The van der Waals surface area contributed by atoms with Crippen LogP contribution in [0.2, 0.25) is 0 Å². The van der Waals surface area contributed by atoms with Crippen LogP contribution in [0.1, 0.15) is 10.5 Å². The van der Waals surface area contributed by atoms with Crippen LogP contribution in [0.4, 0.5) is 5.82 Å². The summed E-state index contributed by atoms with van der Waals surface area (Å²) in [5.41, 5.74) is 0.0620. The molecule has 0 bridgehead atoms. The molecule has 0 aliphatic carbocycles. The van der Waals surface area contributed by atoms with Crippen molar-refractivity contribution < 1.29 is 4.79 Å². The van der Waals surface area contributed by atoms with Crippen molar-refractivity contribution in [1.29, 1.82) is 0 Å². The lowest BCUT2D eigenvalue weighted by atomic mass is 10.4. The number of hydrazine groups is 1. The Bertz CT molecular complexity index is 662. The van der Waals surface area contributed by atoms with Gasteiger partial charge in [0.2, 0.25) is 0 Å². The van der Waals surface area contributed by atoms with Gasteiger partial charge in [-0.25, -0.2) is 9.99 Å². The van der Waals surface area contributed by atoms with Gasteiger partial charge in [-0.05, 0) is 0 Å². The second kappa shape index (κ2) is 6.89. The van der Waals surface area contributed by atoms with Gasteiger partial charge in [0.25, 0.3) is 5.91 Å². The fourth-order valence-electron chi connectivity index (χ4n) is 1.36. The van der Waals surface area contributed by atoms with E-state index in [1.165, 1.54) is 29.8 Å². The Kier molecular flexibility index (Phi) is 5.17. The highest BCUT2D eigenvalue weighted by molar-refractivity contribution is 8.12. The van der Waals surface area contributed by atoms with Gasteiger partial charge in [0, 0.05) is 12.4 Å². The number of carbonyl (C=O) groups excluding carboxylic acids is 1. The first-order valence-corrected chi connectivity index (χ1v) is 6.95. The maximum absolute atomic E-state index is 12.5. The van der Waals surface area contributed by atoms with Gasteiger partial charge in [-0.3, -0.25) is 9.78 Å². The predicted octanol–water partition coefficient (Wildman–Crippen LogP) is 0.888. The molecule has 0 saturated carbocycles. The third-order valence-electron chi connectivity index (χ3n) is 2.16. The number of nitrogens with one attached hydrogen (secondary N) is 1. The molecule has 8 nitrogen and oxygen atoms in total. The molecule has 0 spiro atoms. The summed E-state index contributed by atoms with van der Waals surface area (Å²) in [6, 6.07) is 0. The maximum atomic E-state index is 12.5. The third kappa shape index (κ3) is 3.53. The van der Waals surface area contributed by atoms with E-state index in [9.17, 15) is 4.79 Å². The summed E-state index contributed by atoms with van der Waals surface area (Å²) in [5, 5.41) is 12.1. The first-order valence-electron chi connectivity index (χ1n) is 5.24. The highest BCUT2D eigenvalue weighted by Crippen LogP contribution is 2.18. The van der Waals surface area contributed by atoms with Gasteiger partial charge in [0.05, 0.1) is 12.4 Å². The minimum atomic E-state index is -0.581. The number of aromatic nitrogens is 5. The van der Waals surface area contributed by atoms with Gasteiger partial charge in [-0.1, -0.05) is 24.4 Å². The van der Waals surface area contributed by atoms with Crippen molar-refractivity contribution in [2.75, 3.05) is 5.01 Å². The predicted molar refractivity (Wildman–Crippen MR) is 90.2 cm³/mol. The Morgan fingerprint density at radius 2 is 1.95 bits per heavy atom. The summed E-state index contributed by atoms with van der Waals surface area (Å²) in [7, 11) is 0. The highest BCUT2D eigenvalue weighted by atomic mass is 32.1. The summed E-state index contributed by atoms with van der Waals surface area (Å²) in [6.45, 7) is 0. The number of hydrogen-bond acceptors (Lipinski definition) is 7. The maximum Gasteiger partial charge on any atom is 0.298 e. The van der Waals surface area contributed by atoms with Gasteiger partial charge >= 0.3 is 0 Å². The molecule has 0 radical (unpaired) electrons.